The zero-order valence-electron chi connectivity index (χ0n) is 17.8. The van der Waals surface area contributed by atoms with Crippen LogP contribution in [-0.4, -0.2) is 57.1 Å². The molecule has 0 atom stereocenters. The average molecular weight is 446 g/mol. The molecule has 3 rings (SSSR count). The van der Waals surface area contributed by atoms with Gasteiger partial charge in [-0.25, -0.2) is 13.4 Å². The molecule has 30 heavy (non-hydrogen) atoms. The molecule has 0 unspecified atom stereocenters. The average Bonchev–Trinajstić information content (AvgIpc) is 3.10. The lowest BCUT2D eigenvalue weighted by atomic mass is 10.2. The lowest BCUT2D eigenvalue weighted by Gasteiger charge is -2.22. The summed E-state index contributed by atoms with van der Waals surface area (Å²) in [5.74, 6) is -1.05. The number of likely N-dealkylation sites (N-methyl/N-ethyl adjacent to an activating group) is 1. The number of sulfone groups is 1. The van der Waals surface area contributed by atoms with Gasteiger partial charge in [0.1, 0.15) is 5.75 Å². The first-order valence-corrected chi connectivity index (χ1v) is 12.3. The number of hydrogen-bond donors (Lipinski definition) is 0. The van der Waals surface area contributed by atoms with Crippen LogP contribution in [0.15, 0.2) is 47.4 Å². The number of carbonyl (C=O) groups is 1. The van der Waals surface area contributed by atoms with Crippen LogP contribution in [0.5, 0.6) is 0 Å². The fraction of sp³-hybridized carbons (Fsp3) is 0.364. The largest absolute Gasteiger partial charge is 0.308 e. The zero-order chi connectivity index (χ0) is 21.9. The molecule has 0 aliphatic rings. The molecule has 0 fully saturated rings. The minimum absolute atomic E-state index is 0.158. The predicted octanol–water partition coefficient (Wildman–Crippen LogP) is 3.54. The van der Waals surface area contributed by atoms with Crippen LogP contribution in [0.4, 0.5) is 5.13 Å². The van der Waals surface area contributed by atoms with Crippen LogP contribution in [0, 0.1) is 6.92 Å². The standard InChI is InChI=1S/C22H27N3O3S2/c1-5-17-8-11-19-20(14-17)29-22(23-19)25(13-12-24(3)4)21(26)15-30(27,28)18-9-6-16(2)7-10-18/h6-11,14H,5,12-13,15H2,1-4H3. The minimum atomic E-state index is -3.74. The third kappa shape index (κ3) is 5.24. The molecule has 0 bridgehead atoms. The van der Waals surface area contributed by atoms with Crippen LogP contribution in [-0.2, 0) is 21.1 Å². The normalized spacial score (nSPS) is 11.9. The summed E-state index contributed by atoms with van der Waals surface area (Å²) in [6.45, 7) is 4.95. The van der Waals surface area contributed by atoms with Gasteiger partial charge in [0.2, 0.25) is 5.91 Å². The smallest absolute Gasteiger partial charge is 0.244 e. The molecule has 160 valence electrons. The van der Waals surface area contributed by atoms with E-state index in [9.17, 15) is 13.2 Å². The molecule has 6 nitrogen and oxygen atoms in total. The van der Waals surface area contributed by atoms with Crippen LogP contribution in [0.2, 0.25) is 0 Å². The SMILES string of the molecule is CCc1ccc2nc(N(CCN(C)C)C(=O)CS(=O)(=O)c3ccc(C)cc3)sc2c1. The Morgan fingerprint density at radius 3 is 2.40 bits per heavy atom. The van der Waals surface area contributed by atoms with Gasteiger partial charge in [-0.05, 0) is 57.3 Å². The van der Waals surface area contributed by atoms with Crippen molar-refractivity contribution in [2.24, 2.45) is 0 Å². The van der Waals surface area contributed by atoms with E-state index in [0.717, 1.165) is 22.2 Å². The van der Waals surface area contributed by atoms with Crippen molar-refractivity contribution in [2.75, 3.05) is 37.8 Å². The van der Waals surface area contributed by atoms with Crippen molar-refractivity contribution in [2.45, 2.75) is 25.2 Å². The van der Waals surface area contributed by atoms with Crippen molar-refractivity contribution < 1.29 is 13.2 Å². The van der Waals surface area contributed by atoms with Crippen LogP contribution < -0.4 is 4.90 Å². The van der Waals surface area contributed by atoms with E-state index in [4.69, 9.17) is 0 Å². The van der Waals surface area contributed by atoms with Crippen molar-refractivity contribution in [1.82, 2.24) is 9.88 Å². The molecule has 1 heterocycles. The molecule has 0 N–H and O–H groups in total. The molecule has 8 heteroatoms. The van der Waals surface area contributed by atoms with Gasteiger partial charge in [0.25, 0.3) is 0 Å². The third-order valence-electron chi connectivity index (χ3n) is 4.85. The lowest BCUT2D eigenvalue weighted by molar-refractivity contribution is -0.116. The van der Waals surface area contributed by atoms with Crippen LogP contribution in [0.3, 0.4) is 0 Å². The number of thiazole rings is 1. The van der Waals surface area contributed by atoms with Crippen LogP contribution in [0.25, 0.3) is 10.2 Å². The van der Waals surface area contributed by atoms with Gasteiger partial charge in [-0.15, -0.1) is 0 Å². The van der Waals surface area contributed by atoms with Gasteiger partial charge in [-0.1, -0.05) is 42.0 Å². The van der Waals surface area contributed by atoms with E-state index in [1.54, 1.807) is 24.3 Å². The van der Waals surface area contributed by atoms with E-state index >= 15 is 0 Å². The number of anilines is 1. The number of aryl methyl sites for hydroxylation is 2. The summed E-state index contributed by atoms with van der Waals surface area (Å²) >= 11 is 1.42. The topological polar surface area (TPSA) is 70.6 Å². The summed E-state index contributed by atoms with van der Waals surface area (Å²) in [4.78, 5) is 21.3. The van der Waals surface area contributed by atoms with Gasteiger partial charge in [-0.3, -0.25) is 9.69 Å². The van der Waals surface area contributed by atoms with E-state index in [1.807, 2.05) is 38.1 Å². The van der Waals surface area contributed by atoms with Gasteiger partial charge in [-0.2, -0.15) is 0 Å². The molecule has 0 spiro atoms. The molecule has 2 aromatic carbocycles. The zero-order valence-corrected chi connectivity index (χ0v) is 19.4. The summed E-state index contributed by atoms with van der Waals surface area (Å²) in [6.07, 6.45) is 0.918. The molecular weight excluding hydrogens is 418 g/mol. The van der Waals surface area contributed by atoms with Crippen LogP contribution in [0.1, 0.15) is 18.1 Å². The fourth-order valence-corrected chi connectivity index (χ4v) is 5.26. The molecule has 1 aromatic heterocycles. The van der Waals surface area contributed by atoms with Crippen molar-refractivity contribution in [3.05, 3.63) is 53.6 Å². The first-order valence-electron chi connectivity index (χ1n) is 9.83. The van der Waals surface area contributed by atoms with Gasteiger partial charge >= 0.3 is 0 Å². The Bertz CT molecular complexity index is 1140. The lowest BCUT2D eigenvalue weighted by Crippen LogP contribution is -2.40. The van der Waals surface area contributed by atoms with Gasteiger partial charge < -0.3 is 4.90 Å². The summed E-state index contributed by atoms with van der Waals surface area (Å²) in [7, 11) is 0.0920. The van der Waals surface area contributed by atoms with Crippen molar-refractivity contribution in [3.63, 3.8) is 0 Å². The molecule has 0 aliphatic carbocycles. The highest BCUT2D eigenvalue weighted by atomic mass is 32.2. The summed E-state index contributed by atoms with van der Waals surface area (Å²) < 4.78 is 26.6. The Morgan fingerprint density at radius 1 is 1.07 bits per heavy atom. The van der Waals surface area contributed by atoms with Crippen molar-refractivity contribution in [3.8, 4) is 0 Å². The van der Waals surface area contributed by atoms with E-state index in [1.165, 1.54) is 21.8 Å². The number of amides is 1. The van der Waals surface area contributed by atoms with E-state index in [-0.39, 0.29) is 4.90 Å². The van der Waals surface area contributed by atoms with Crippen LogP contribution >= 0.6 is 11.3 Å². The Morgan fingerprint density at radius 2 is 1.77 bits per heavy atom. The van der Waals surface area contributed by atoms with Crippen molar-refractivity contribution in [1.29, 1.82) is 0 Å². The number of carbonyl (C=O) groups excluding carboxylic acids is 1. The molecule has 0 radical (unpaired) electrons. The fourth-order valence-electron chi connectivity index (χ4n) is 2.99. The number of hydrogen-bond acceptors (Lipinski definition) is 6. The molecule has 0 aliphatic heterocycles. The number of fused-ring (bicyclic) bond motifs is 1. The molecule has 1 amide bonds. The Kier molecular flexibility index (Phi) is 6.90. The first-order chi connectivity index (χ1) is 14.2. The van der Waals surface area contributed by atoms with E-state index in [0.29, 0.717) is 18.2 Å². The maximum Gasteiger partial charge on any atom is 0.244 e. The maximum absolute atomic E-state index is 13.1. The molecular formula is C22H27N3O3S2. The summed E-state index contributed by atoms with van der Waals surface area (Å²) in [6, 6.07) is 12.6. The molecule has 3 aromatic rings. The summed E-state index contributed by atoms with van der Waals surface area (Å²) in [5, 5.41) is 0.532. The molecule has 0 saturated carbocycles. The third-order valence-corrected chi connectivity index (χ3v) is 7.50. The highest BCUT2D eigenvalue weighted by Crippen LogP contribution is 2.30. The second kappa shape index (κ2) is 9.24. The molecule has 0 saturated heterocycles. The monoisotopic (exact) mass is 445 g/mol. The van der Waals surface area contributed by atoms with E-state index in [2.05, 4.69) is 18.0 Å². The number of aromatic nitrogens is 1. The second-order valence-corrected chi connectivity index (χ2v) is 10.6. The number of benzene rings is 2. The first kappa shape index (κ1) is 22.4. The van der Waals surface area contributed by atoms with Crippen molar-refractivity contribution >= 4 is 42.4 Å². The second-order valence-electron chi connectivity index (χ2n) is 7.57. The summed E-state index contributed by atoms with van der Waals surface area (Å²) in [5.41, 5.74) is 2.98. The predicted molar refractivity (Wildman–Crippen MR) is 123 cm³/mol. The van der Waals surface area contributed by atoms with E-state index < -0.39 is 21.5 Å². The Labute approximate surface area is 182 Å². The number of rotatable bonds is 8. The number of nitrogens with zero attached hydrogens (tertiary/aromatic N) is 3. The highest BCUT2D eigenvalue weighted by Gasteiger charge is 2.26. The maximum atomic E-state index is 13.1. The Balaban J connectivity index is 1.91. The minimum Gasteiger partial charge on any atom is -0.308 e. The Hall–Kier alpha value is -2.29. The van der Waals surface area contributed by atoms with Gasteiger partial charge in [0, 0.05) is 13.1 Å². The quantitative estimate of drug-likeness (QED) is 0.530. The van der Waals surface area contributed by atoms with Gasteiger partial charge in [0.15, 0.2) is 15.0 Å². The van der Waals surface area contributed by atoms with Gasteiger partial charge in [0.05, 0.1) is 15.1 Å². The highest BCUT2D eigenvalue weighted by molar-refractivity contribution is 7.92.